The van der Waals surface area contributed by atoms with Gasteiger partial charge in [0.25, 0.3) is 5.91 Å². The Kier molecular flexibility index (Phi) is 6.35. The third-order valence-electron chi connectivity index (χ3n) is 5.48. The first-order valence-corrected chi connectivity index (χ1v) is 11.3. The number of carbonyl (C=O) groups is 3. The van der Waals surface area contributed by atoms with Gasteiger partial charge >= 0.3 is 0 Å². The predicted molar refractivity (Wildman–Crippen MR) is 123 cm³/mol. The maximum absolute atomic E-state index is 14.1. The number of aryl methyl sites for hydroxylation is 1. The Labute approximate surface area is 197 Å². The molecule has 4 rings (SSSR count). The van der Waals surface area contributed by atoms with Crippen molar-refractivity contribution in [2.45, 2.75) is 32.7 Å². The molecule has 0 aromatic heterocycles. The molecule has 166 valence electrons. The van der Waals surface area contributed by atoms with E-state index in [0.717, 1.165) is 12.8 Å². The number of hydrogen-bond acceptors (Lipinski definition) is 3. The summed E-state index contributed by atoms with van der Waals surface area (Å²) in [6.45, 7) is 1.77. The average molecular weight is 521 g/mol. The van der Waals surface area contributed by atoms with Crippen LogP contribution in [0.25, 0.3) is 4.48 Å². The van der Waals surface area contributed by atoms with Crippen molar-refractivity contribution in [2.24, 2.45) is 5.92 Å². The zero-order chi connectivity index (χ0) is 23.0. The quantitative estimate of drug-likeness (QED) is 0.587. The molecule has 2 aliphatic rings. The second-order valence-electron chi connectivity index (χ2n) is 7.91. The van der Waals surface area contributed by atoms with Crippen LogP contribution in [0, 0.1) is 18.7 Å². The Hall–Kier alpha value is -2.71. The van der Waals surface area contributed by atoms with Crippen LogP contribution in [0.3, 0.4) is 0 Å². The van der Waals surface area contributed by atoms with Crippen LogP contribution in [0.4, 0.5) is 10.1 Å². The number of amides is 3. The third-order valence-corrected chi connectivity index (χ3v) is 6.62. The molecule has 1 aliphatic carbocycles. The molecule has 1 fully saturated rings. The van der Waals surface area contributed by atoms with E-state index < -0.39 is 5.91 Å². The van der Waals surface area contributed by atoms with E-state index in [2.05, 4.69) is 26.8 Å². The van der Waals surface area contributed by atoms with E-state index in [9.17, 15) is 18.8 Å². The van der Waals surface area contributed by atoms with Crippen molar-refractivity contribution in [1.29, 1.82) is 0 Å². The largest absolute Gasteiger partial charge is 0.307 e. The van der Waals surface area contributed by atoms with Gasteiger partial charge in [-0.3, -0.25) is 25.2 Å². The molecule has 0 bridgehead atoms. The molecule has 6 nitrogen and oxygen atoms in total. The number of halogens is 3. The van der Waals surface area contributed by atoms with Gasteiger partial charge in [0.05, 0.1) is 18.7 Å². The topological polar surface area (TPSA) is 78.5 Å². The highest BCUT2D eigenvalue weighted by Gasteiger charge is 2.32. The zero-order valence-electron chi connectivity index (χ0n) is 17.2. The van der Waals surface area contributed by atoms with Crippen molar-refractivity contribution in [3.63, 3.8) is 0 Å². The van der Waals surface area contributed by atoms with Crippen LogP contribution in [-0.2, 0) is 20.9 Å². The summed E-state index contributed by atoms with van der Waals surface area (Å²) in [6.07, 6.45) is 1.39. The van der Waals surface area contributed by atoms with E-state index >= 15 is 0 Å². The Morgan fingerprint density at radius 1 is 1.19 bits per heavy atom. The van der Waals surface area contributed by atoms with Crippen LogP contribution in [0.1, 0.15) is 36.0 Å². The van der Waals surface area contributed by atoms with Gasteiger partial charge < -0.3 is 4.90 Å². The summed E-state index contributed by atoms with van der Waals surface area (Å²) in [4.78, 5) is 39.4. The third kappa shape index (κ3) is 4.71. The lowest BCUT2D eigenvalue weighted by Gasteiger charge is -2.24. The molecule has 9 heteroatoms. The van der Waals surface area contributed by atoms with E-state index in [4.69, 9.17) is 11.6 Å². The summed E-state index contributed by atoms with van der Waals surface area (Å²) in [5, 5.41) is 0.418. The second-order valence-corrected chi connectivity index (χ2v) is 9.14. The van der Waals surface area contributed by atoms with Crippen molar-refractivity contribution in [2.75, 3.05) is 4.90 Å². The lowest BCUT2D eigenvalue weighted by molar-refractivity contribution is -0.128. The molecule has 2 aromatic rings. The first kappa shape index (κ1) is 22.5. The van der Waals surface area contributed by atoms with Crippen molar-refractivity contribution < 1.29 is 18.8 Å². The molecular formula is C23H20BrClFN3O3. The minimum atomic E-state index is -0.580. The van der Waals surface area contributed by atoms with Gasteiger partial charge in [0.15, 0.2) is 0 Å². The van der Waals surface area contributed by atoms with Gasteiger partial charge in [-0.1, -0.05) is 29.8 Å². The monoisotopic (exact) mass is 519 g/mol. The number of carbonyl (C=O) groups excluding carboxylic acids is 3. The number of fused-ring (bicyclic) bond motifs is 1. The molecule has 0 atom stereocenters. The van der Waals surface area contributed by atoms with E-state index in [1.165, 1.54) is 11.0 Å². The molecule has 2 N–H and O–H groups in total. The molecule has 0 spiro atoms. The van der Waals surface area contributed by atoms with Crippen LogP contribution in [-0.4, -0.2) is 17.7 Å². The molecule has 3 amide bonds. The molecule has 1 aliphatic heterocycles. The smallest absolute Gasteiger partial charge is 0.267 e. The van der Waals surface area contributed by atoms with Gasteiger partial charge in [0.2, 0.25) is 11.8 Å². The van der Waals surface area contributed by atoms with E-state index in [1.54, 1.807) is 37.3 Å². The number of hydrogen-bond donors (Lipinski definition) is 2. The minimum absolute atomic E-state index is 0.0725. The second kappa shape index (κ2) is 9.03. The van der Waals surface area contributed by atoms with Crippen LogP contribution in [0.5, 0.6) is 0 Å². The van der Waals surface area contributed by atoms with Crippen molar-refractivity contribution in [1.82, 2.24) is 10.9 Å². The number of nitrogens with one attached hydrogen (secondary N) is 2. The number of rotatable bonds is 4. The Morgan fingerprint density at radius 3 is 2.62 bits per heavy atom. The van der Waals surface area contributed by atoms with Crippen molar-refractivity contribution >= 4 is 55.4 Å². The highest BCUT2D eigenvalue weighted by atomic mass is 79.9. The van der Waals surface area contributed by atoms with Crippen molar-refractivity contribution in [3.05, 3.63) is 69.5 Å². The van der Waals surface area contributed by atoms with Gasteiger partial charge in [-0.05, 0) is 65.0 Å². The molecule has 1 heterocycles. The summed E-state index contributed by atoms with van der Waals surface area (Å²) >= 11 is 9.67. The highest BCUT2D eigenvalue weighted by Crippen LogP contribution is 2.40. The van der Waals surface area contributed by atoms with Crippen LogP contribution in [0.15, 0.2) is 42.0 Å². The van der Waals surface area contributed by atoms with Crippen molar-refractivity contribution in [3.8, 4) is 0 Å². The van der Waals surface area contributed by atoms with Gasteiger partial charge in [0.1, 0.15) is 5.82 Å². The molecular weight excluding hydrogens is 501 g/mol. The van der Waals surface area contributed by atoms with Gasteiger partial charge in [-0.2, -0.15) is 0 Å². The molecule has 0 saturated heterocycles. The molecule has 0 unspecified atom stereocenters. The highest BCUT2D eigenvalue weighted by molar-refractivity contribution is 9.15. The average Bonchev–Trinajstić information content (AvgIpc) is 3.61. The van der Waals surface area contributed by atoms with Gasteiger partial charge in [0, 0.05) is 26.6 Å². The predicted octanol–water partition coefficient (Wildman–Crippen LogP) is 4.39. The SMILES string of the molecule is Cc1ccc(CN2C(=O)CC(C(=O)NNC(=O)C3CC3)=C(Br)c3ccc(Cl)cc32)cc1F. The lowest BCUT2D eigenvalue weighted by Crippen LogP contribution is -2.43. The Balaban J connectivity index is 1.66. The number of nitrogens with zero attached hydrogens (tertiary/aromatic N) is 1. The number of anilines is 1. The first-order chi connectivity index (χ1) is 15.2. The number of hydrazine groups is 1. The zero-order valence-corrected chi connectivity index (χ0v) is 19.5. The summed E-state index contributed by atoms with van der Waals surface area (Å²) in [5.74, 6) is -1.62. The first-order valence-electron chi connectivity index (χ1n) is 10.1. The molecule has 2 aromatic carbocycles. The maximum atomic E-state index is 14.1. The maximum Gasteiger partial charge on any atom is 0.267 e. The van der Waals surface area contributed by atoms with Gasteiger partial charge in [-0.25, -0.2) is 4.39 Å². The van der Waals surface area contributed by atoms with Crippen LogP contribution < -0.4 is 15.8 Å². The van der Waals surface area contributed by atoms with E-state index in [-0.39, 0.29) is 42.1 Å². The number of benzene rings is 2. The molecule has 1 saturated carbocycles. The fourth-order valence-corrected chi connectivity index (χ4v) is 4.27. The summed E-state index contributed by atoms with van der Waals surface area (Å²) in [7, 11) is 0. The van der Waals surface area contributed by atoms with Crippen LogP contribution >= 0.6 is 27.5 Å². The summed E-state index contributed by atoms with van der Waals surface area (Å²) in [6, 6.07) is 9.80. The molecule has 0 radical (unpaired) electrons. The minimum Gasteiger partial charge on any atom is -0.307 e. The van der Waals surface area contributed by atoms with E-state index in [0.29, 0.717) is 31.9 Å². The van der Waals surface area contributed by atoms with E-state index in [1.807, 2.05) is 0 Å². The normalized spacial score (nSPS) is 15.9. The Bertz CT molecular complexity index is 1160. The van der Waals surface area contributed by atoms with Crippen LogP contribution in [0.2, 0.25) is 5.02 Å². The lowest BCUT2D eigenvalue weighted by atomic mass is 10.1. The summed E-state index contributed by atoms with van der Waals surface area (Å²) in [5.41, 5.74) is 7.19. The summed E-state index contributed by atoms with van der Waals surface area (Å²) < 4.78 is 14.5. The Morgan fingerprint density at radius 2 is 1.94 bits per heavy atom. The van der Waals surface area contributed by atoms with Gasteiger partial charge in [-0.15, -0.1) is 0 Å². The fourth-order valence-electron chi connectivity index (χ4n) is 3.45. The fraction of sp³-hybridized carbons (Fsp3) is 0.261. The molecule has 32 heavy (non-hydrogen) atoms. The standard InChI is InChI=1S/C23H20BrClFN3O3/c1-12-2-3-13(8-18(12)26)11-29-19-9-15(25)6-7-16(19)21(24)17(10-20(29)30)23(32)28-27-22(31)14-4-5-14/h2-3,6-9,14H,4-5,10-11H2,1H3,(H,27,31)(H,28,32).